The van der Waals surface area contributed by atoms with Crippen molar-refractivity contribution in [1.82, 2.24) is 0 Å². The first kappa shape index (κ1) is 36.4. The smallest absolute Gasteiger partial charge is 0.463 e. The summed E-state index contributed by atoms with van der Waals surface area (Å²) in [5.74, 6) is -2.93. The molecule has 1 heterocycles. The molecule has 14 nitrogen and oxygen atoms in total. The molecule has 8 atom stereocenters. The molecule has 47 heavy (non-hydrogen) atoms. The molecule has 3 aliphatic carbocycles. The van der Waals surface area contributed by atoms with Gasteiger partial charge in [-0.2, -0.15) is 0 Å². The number of hydrogen-bond acceptors (Lipinski definition) is 14. The van der Waals surface area contributed by atoms with Crippen molar-refractivity contribution in [2.45, 2.75) is 142 Å². The molecule has 1 saturated heterocycles. The first-order valence-corrected chi connectivity index (χ1v) is 15.8. The van der Waals surface area contributed by atoms with Crippen LogP contribution < -0.4 is 0 Å². The average Bonchev–Trinajstić information content (AvgIpc) is 3.21. The van der Waals surface area contributed by atoms with Crippen LogP contribution in [0.2, 0.25) is 0 Å². The summed E-state index contributed by atoms with van der Waals surface area (Å²) in [6.07, 6.45) is -9.59. The molecule has 0 unspecified atom stereocenters. The summed E-state index contributed by atoms with van der Waals surface area (Å²) in [5.41, 5.74) is -8.57. The molecule has 0 amide bonds. The van der Waals surface area contributed by atoms with Gasteiger partial charge < -0.3 is 43.4 Å². The predicted molar refractivity (Wildman–Crippen MR) is 161 cm³/mol. The number of carbonyl (C=O) groups excluding carboxylic acids is 5. The molecule has 3 fully saturated rings. The fourth-order valence-electron chi connectivity index (χ4n) is 7.83. The summed E-state index contributed by atoms with van der Waals surface area (Å²) >= 11 is 0. The van der Waals surface area contributed by atoms with Crippen LogP contribution in [0.4, 0.5) is 14.4 Å². The van der Waals surface area contributed by atoms with E-state index in [1.165, 1.54) is 6.92 Å². The third kappa shape index (κ3) is 6.30. The second-order valence-corrected chi connectivity index (χ2v) is 15.8. The van der Waals surface area contributed by atoms with E-state index in [1.54, 1.807) is 62.3 Å². The van der Waals surface area contributed by atoms with Crippen molar-refractivity contribution >= 4 is 30.2 Å². The molecule has 0 radical (unpaired) electrons. The highest BCUT2D eigenvalue weighted by Gasteiger charge is 2.77. The maximum atomic E-state index is 15.0. The van der Waals surface area contributed by atoms with E-state index in [2.05, 4.69) is 0 Å². The summed E-state index contributed by atoms with van der Waals surface area (Å²) in [4.78, 5) is 66.5. The van der Waals surface area contributed by atoms with Gasteiger partial charge in [0.1, 0.15) is 29.5 Å². The van der Waals surface area contributed by atoms with Crippen LogP contribution in [0, 0.1) is 16.7 Å². The van der Waals surface area contributed by atoms with Crippen molar-refractivity contribution < 1.29 is 67.3 Å². The molecule has 0 aromatic carbocycles. The van der Waals surface area contributed by atoms with Gasteiger partial charge in [-0.15, -0.1) is 0 Å². The van der Waals surface area contributed by atoms with E-state index in [0.717, 1.165) is 6.92 Å². The number of carbonyl (C=O) groups is 5. The van der Waals surface area contributed by atoms with Gasteiger partial charge in [0.05, 0.1) is 6.10 Å². The Morgan fingerprint density at radius 2 is 1.51 bits per heavy atom. The average molecular weight is 669 g/mol. The van der Waals surface area contributed by atoms with Gasteiger partial charge in [-0.3, -0.25) is 9.59 Å². The number of rotatable bonds is 4. The molecule has 2 bridgehead atoms. The minimum atomic E-state index is -2.35. The zero-order chi connectivity index (χ0) is 35.7. The first-order chi connectivity index (χ1) is 21.3. The molecule has 1 spiro atoms. The Hall–Kier alpha value is -3.39. The molecule has 0 aromatic rings. The van der Waals surface area contributed by atoms with Crippen LogP contribution in [0.1, 0.15) is 95.4 Å². The Morgan fingerprint density at radius 3 is 2.04 bits per heavy atom. The topological polar surface area (TPSA) is 190 Å². The Bertz CT molecular complexity index is 1370. The van der Waals surface area contributed by atoms with Crippen molar-refractivity contribution in [3.63, 3.8) is 0 Å². The highest BCUT2D eigenvalue weighted by molar-refractivity contribution is 5.94. The van der Waals surface area contributed by atoms with E-state index in [-0.39, 0.29) is 24.8 Å². The van der Waals surface area contributed by atoms with Crippen LogP contribution in [0.3, 0.4) is 0 Å². The second kappa shape index (κ2) is 11.6. The lowest BCUT2D eigenvalue weighted by Crippen LogP contribution is -2.74. The Labute approximate surface area is 274 Å². The second-order valence-electron chi connectivity index (χ2n) is 15.8. The Morgan fingerprint density at radius 1 is 0.957 bits per heavy atom. The van der Waals surface area contributed by atoms with E-state index < -0.39 is 100 Å². The molecule has 14 heteroatoms. The number of esters is 1. The minimum Gasteiger partial charge on any atom is -0.463 e. The molecular formula is C33H48O14. The molecule has 264 valence electrons. The summed E-state index contributed by atoms with van der Waals surface area (Å²) in [5, 5.41) is 23.6. The summed E-state index contributed by atoms with van der Waals surface area (Å²) in [6.45, 7) is 16.7. The van der Waals surface area contributed by atoms with Gasteiger partial charge in [-0.1, -0.05) is 20.8 Å². The van der Waals surface area contributed by atoms with Crippen LogP contribution in [0.15, 0.2) is 11.1 Å². The highest BCUT2D eigenvalue weighted by Crippen LogP contribution is 2.64. The lowest BCUT2D eigenvalue weighted by molar-refractivity contribution is -0.246. The predicted octanol–water partition coefficient (Wildman–Crippen LogP) is 4.30. The van der Waals surface area contributed by atoms with E-state index in [4.69, 9.17) is 33.2 Å². The Kier molecular flexibility index (Phi) is 9.03. The normalized spacial score (nSPS) is 36.4. The van der Waals surface area contributed by atoms with E-state index >= 15 is 4.79 Å². The number of ketones is 1. The molecule has 0 aromatic heterocycles. The van der Waals surface area contributed by atoms with Gasteiger partial charge in [0.15, 0.2) is 23.6 Å². The largest absolute Gasteiger partial charge is 0.509 e. The van der Waals surface area contributed by atoms with Crippen molar-refractivity contribution in [3.05, 3.63) is 11.1 Å². The monoisotopic (exact) mass is 668 g/mol. The Balaban J connectivity index is 2.03. The third-order valence-electron chi connectivity index (χ3n) is 9.92. The van der Waals surface area contributed by atoms with Crippen molar-refractivity contribution in [2.24, 2.45) is 16.7 Å². The SMILES string of the molecule is CC(=O)OC[C@@]1(O)[C@H]2[C@@H]3OC(=O)O[C@]34C[C@H](OC(=O)OC(C)(C)C)C(C)=C([C@@H](OC(=O)OC(C)(C)C)C(=O)[C@]2(C)CC[C@@H]1O)C4(C)C. The van der Waals surface area contributed by atoms with Gasteiger partial charge in [-0.25, -0.2) is 14.4 Å². The van der Waals surface area contributed by atoms with Crippen LogP contribution in [-0.2, 0) is 42.7 Å². The quantitative estimate of drug-likeness (QED) is 0.245. The fraction of sp³-hybridized carbons (Fsp3) is 0.788. The highest BCUT2D eigenvalue weighted by atomic mass is 16.8. The van der Waals surface area contributed by atoms with Crippen LogP contribution in [-0.4, -0.2) is 93.9 Å². The number of fused-ring (bicyclic) bond motifs is 3. The maximum Gasteiger partial charge on any atom is 0.509 e. The third-order valence-corrected chi connectivity index (χ3v) is 9.92. The van der Waals surface area contributed by atoms with E-state index in [0.29, 0.717) is 5.57 Å². The van der Waals surface area contributed by atoms with Gasteiger partial charge >= 0.3 is 24.4 Å². The summed E-state index contributed by atoms with van der Waals surface area (Å²) in [7, 11) is 0. The van der Waals surface area contributed by atoms with Crippen molar-refractivity contribution in [2.75, 3.05) is 6.61 Å². The van der Waals surface area contributed by atoms with Crippen molar-refractivity contribution in [3.8, 4) is 0 Å². The number of aliphatic hydroxyl groups is 2. The van der Waals surface area contributed by atoms with Gasteiger partial charge in [-0.05, 0) is 72.5 Å². The lowest BCUT2D eigenvalue weighted by Gasteiger charge is -2.61. The van der Waals surface area contributed by atoms with Crippen LogP contribution >= 0.6 is 0 Å². The van der Waals surface area contributed by atoms with Gasteiger partial charge in [0.25, 0.3) is 0 Å². The first-order valence-electron chi connectivity index (χ1n) is 15.8. The van der Waals surface area contributed by atoms with Crippen LogP contribution in [0.25, 0.3) is 0 Å². The summed E-state index contributed by atoms with van der Waals surface area (Å²) < 4.78 is 39.6. The number of aliphatic hydroxyl groups excluding tert-OH is 1. The molecular weight excluding hydrogens is 620 g/mol. The molecule has 4 aliphatic rings. The summed E-state index contributed by atoms with van der Waals surface area (Å²) in [6, 6.07) is 0. The van der Waals surface area contributed by atoms with Crippen molar-refractivity contribution in [1.29, 1.82) is 0 Å². The lowest BCUT2D eigenvalue weighted by atomic mass is 9.46. The molecule has 2 saturated carbocycles. The number of Topliss-reactive ketones (excluding diaryl/α,β-unsaturated/α-hetero) is 1. The van der Waals surface area contributed by atoms with Gasteiger partial charge in [0, 0.05) is 30.1 Å². The van der Waals surface area contributed by atoms with E-state index in [1.807, 2.05) is 0 Å². The van der Waals surface area contributed by atoms with Crippen LogP contribution in [0.5, 0.6) is 0 Å². The van der Waals surface area contributed by atoms with Gasteiger partial charge in [0.2, 0.25) is 0 Å². The maximum absolute atomic E-state index is 15.0. The fourth-order valence-corrected chi connectivity index (χ4v) is 7.83. The molecule has 4 rings (SSSR count). The zero-order valence-electron chi connectivity index (χ0n) is 29.0. The standard InChI is InChI=1S/C33H48O14/c1-16-18(42-25(37)45-28(3,4)5)14-33-24(44-27(39)47-33)22-31(11,13-12-19(35)32(22,40)15-41-17(2)34)23(36)21(20(16)30(33,9)10)43-26(38)46-29(6,7)8/h18-19,21-22,24,35,40H,12-15H2,1-11H3/t18-,19-,21+,22-,24-,31+,32-,33+/m0/s1. The number of ether oxygens (including phenoxy) is 7. The molecule has 2 N–H and O–H groups in total. The minimum absolute atomic E-state index is 0.0387. The zero-order valence-corrected chi connectivity index (χ0v) is 29.0. The van der Waals surface area contributed by atoms with E-state index in [9.17, 15) is 29.4 Å². The molecule has 1 aliphatic heterocycles. The number of hydrogen-bond donors (Lipinski definition) is 2.